The first-order chi connectivity index (χ1) is 16.0. The summed E-state index contributed by atoms with van der Waals surface area (Å²) < 4.78 is 15.9. The van der Waals surface area contributed by atoms with Crippen molar-refractivity contribution in [2.45, 2.75) is 38.1 Å². The minimum atomic E-state index is -0.706. The van der Waals surface area contributed by atoms with Crippen LogP contribution in [0.3, 0.4) is 0 Å². The average molecular weight is 451 g/mol. The second-order valence-corrected chi connectivity index (χ2v) is 8.36. The molecule has 2 heterocycles. The summed E-state index contributed by atoms with van der Waals surface area (Å²) in [6, 6.07) is 6.78. The van der Waals surface area contributed by atoms with Gasteiger partial charge in [-0.25, -0.2) is 4.39 Å². The van der Waals surface area contributed by atoms with Crippen LogP contribution in [0.4, 0.5) is 21.5 Å². The average Bonchev–Trinajstić information content (AvgIpc) is 3.47. The van der Waals surface area contributed by atoms with Crippen molar-refractivity contribution in [1.82, 2.24) is 20.1 Å². The van der Waals surface area contributed by atoms with Crippen LogP contribution in [0.15, 0.2) is 55.1 Å². The minimum absolute atomic E-state index is 0.168. The minimum Gasteiger partial charge on any atom is -0.353 e. The fourth-order valence-corrected chi connectivity index (χ4v) is 4.12. The molecule has 4 rings (SSSR count). The number of rotatable bonds is 8. The molecular formula is C24H27FN6O2. The lowest BCUT2D eigenvalue weighted by atomic mass is 9.97. The largest absolute Gasteiger partial charge is 0.353 e. The molecule has 1 aliphatic carbocycles. The lowest BCUT2D eigenvalue weighted by Gasteiger charge is -2.21. The Morgan fingerprint density at radius 3 is 2.61 bits per heavy atom. The van der Waals surface area contributed by atoms with Gasteiger partial charge in [0.15, 0.2) is 0 Å². The van der Waals surface area contributed by atoms with Crippen molar-refractivity contribution in [3.63, 3.8) is 0 Å². The van der Waals surface area contributed by atoms with Crippen LogP contribution in [0, 0.1) is 11.7 Å². The number of nitrogens with zero attached hydrogens (tertiary/aromatic N) is 3. The molecule has 1 aromatic carbocycles. The summed E-state index contributed by atoms with van der Waals surface area (Å²) in [5.74, 6) is -0.829. The Morgan fingerprint density at radius 2 is 1.91 bits per heavy atom. The number of carbonyl (C=O) groups is 2. The van der Waals surface area contributed by atoms with Gasteiger partial charge in [-0.15, -0.1) is 0 Å². The molecule has 1 aliphatic rings. The van der Waals surface area contributed by atoms with Gasteiger partial charge in [0.1, 0.15) is 11.9 Å². The molecule has 0 aliphatic heterocycles. The number of halogens is 1. The van der Waals surface area contributed by atoms with E-state index in [2.05, 4.69) is 26.0 Å². The molecule has 33 heavy (non-hydrogen) atoms. The second kappa shape index (κ2) is 10.2. The highest BCUT2D eigenvalue weighted by atomic mass is 19.1. The highest BCUT2D eigenvalue weighted by Crippen LogP contribution is 2.29. The quantitative estimate of drug-likeness (QED) is 0.481. The van der Waals surface area contributed by atoms with Crippen LogP contribution in [0.5, 0.6) is 0 Å². The highest BCUT2D eigenvalue weighted by Gasteiger charge is 2.27. The smallest absolute Gasteiger partial charge is 0.252 e. The van der Waals surface area contributed by atoms with Gasteiger partial charge in [-0.05, 0) is 42.7 Å². The van der Waals surface area contributed by atoms with E-state index in [1.165, 1.54) is 18.2 Å². The molecule has 0 radical (unpaired) electrons. The Hall–Kier alpha value is -3.75. The summed E-state index contributed by atoms with van der Waals surface area (Å²) in [5.41, 5.74) is 1.65. The lowest BCUT2D eigenvalue weighted by Crippen LogP contribution is -2.44. The third-order valence-corrected chi connectivity index (χ3v) is 5.83. The fraction of sp³-hybridized carbons (Fsp3) is 0.333. The molecule has 1 fully saturated rings. The van der Waals surface area contributed by atoms with Gasteiger partial charge >= 0.3 is 0 Å². The van der Waals surface area contributed by atoms with Crippen molar-refractivity contribution in [3.8, 4) is 0 Å². The fourth-order valence-electron chi connectivity index (χ4n) is 4.12. The normalized spacial score (nSPS) is 14.6. The van der Waals surface area contributed by atoms with E-state index in [0.29, 0.717) is 23.7 Å². The van der Waals surface area contributed by atoms with E-state index >= 15 is 0 Å². The molecule has 2 amide bonds. The highest BCUT2D eigenvalue weighted by molar-refractivity contribution is 6.01. The van der Waals surface area contributed by atoms with Gasteiger partial charge in [0, 0.05) is 36.9 Å². The molecule has 8 nitrogen and oxygen atoms in total. The van der Waals surface area contributed by atoms with E-state index < -0.39 is 17.8 Å². The van der Waals surface area contributed by atoms with Crippen LogP contribution < -0.4 is 16.0 Å². The number of carbonyl (C=O) groups excluding carboxylic acids is 2. The van der Waals surface area contributed by atoms with Crippen molar-refractivity contribution < 1.29 is 14.0 Å². The first-order valence-electron chi connectivity index (χ1n) is 11.0. The van der Waals surface area contributed by atoms with Crippen LogP contribution in [0.1, 0.15) is 42.5 Å². The van der Waals surface area contributed by atoms with Gasteiger partial charge < -0.3 is 16.0 Å². The second-order valence-electron chi connectivity index (χ2n) is 8.36. The first-order valence-corrected chi connectivity index (χ1v) is 11.0. The van der Waals surface area contributed by atoms with E-state index in [4.69, 9.17) is 0 Å². The number of amides is 2. The maximum absolute atomic E-state index is 14.3. The summed E-state index contributed by atoms with van der Waals surface area (Å²) in [4.78, 5) is 30.0. The standard InChI is InChI=1S/C24H27FN6O2/c1-31-15-19(14-27-31)29-24(33)22(12-16-4-2-3-5-16)30-23(32)17-6-7-20(25)21(13-17)28-18-8-10-26-11-9-18/h6-11,13-16,22H,2-5,12H2,1H3,(H,26,28)(H,29,33)(H,30,32)/t22-/m0/s1. The molecule has 172 valence electrons. The Balaban J connectivity index is 1.49. The van der Waals surface area contributed by atoms with E-state index in [1.807, 2.05) is 0 Å². The zero-order valence-corrected chi connectivity index (χ0v) is 18.4. The monoisotopic (exact) mass is 450 g/mol. The van der Waals surface area contributed by atoms with Gasteiger partial charge in [-0.2, -0.15) is 5.10 Å². The summed E-state index contributed by atoms with van der Waals surface area (Å²) in [7, 11) is 1.76. The Bertz CT molecular complexity index is 1110. The van der Waals surface area contributed by atoms with Gasteiger partial charge in [0.25, 0.3) is 5.91 Å². The third-order valence-electron chi connectivity index (χ3n) is 5.83. The number of aryl methyl sites for hydroxylation is 1. The number of benzene rings is 1. The zero-order chi connectivity index (χ0) is 23.2. The third kappa shape index (κ3) is 5.94. The molecule has 3 N–H and O–H groups in total. The number of hydrogen-bond acceptors (Lipinski definition) is 5. The molecule has 0 unspecified atom stereocenters. The van der Waals surface area contributed by atoms with Crippen LogP contribution in [0.25, 0.3) is 0 Å². The number of nitrogens with one attached hydrogen (secondary N) is 3. The SMILES string of the molecule is Cn1cc(NC(=O)[C@H](CC2CCCC2)NC(=O)c2ccc(F)c(Nc3ccncc3)c2)cn1. The molecule has 3 aromatic rings. The lowest BCUT2D eigenvalue weighted by molar-refractivity contribution is -0.118. The Morgan fingerprint density at radius 1 is 1.15 bits per heavy atom. The van der Waals surface area contributed by atoms with Crippen molar-refractivity contribution in [2.24, 2.45) is 13.0 Å². The van der Waals surface area contributed by atoms with Crippen molar-refractivity contribution in [3.05, 3.63) is 66.5 Å². The molecule has 0 spiro atoms. The zero-order valence-electron chi connectivity index (χ0n) is 18.4. The van der Waals surface area contributed by atoms with Gasteiger partial charge in [0.2, 0.25) is 5.91 Å². The molecule has 0 saturated heterocycles. The van der Waals surface area contributed by atoms with Gasteiger partial charge in [0.05, 0.1) is 17.6 Å². The summed E-state index contributed by atoms with van der Waals surface area (Å²) in [5, 5.41) is 12.7. The molecular weight excluding hydrogens is 423 g/mol. The van der Waals surface area contributed by atoms with E-state index in [-0.39, 0.29) is 17.2 Å². The maximum atomic E-state index is 14.3. The van der Waals surface area contributed by atoms with Crippen LogP contribution >= 0.6 is 0 Å². The van der Waals surface area contributed by atoms with Crippen molar-refractivity contribution in [2.75, 3.05) is 10.6 Å². The first kappa shape index (κ1) is 22.4. The predicted octanol–water partition coefficient (Wildman–Crippen LogP) is 4.02. The van der Waals surface area contributed by atoms with Gasteiger partial charge in [-0.3, -0.25) is 19.3 Å². The maximum Gasteiger partial charge on any atom is 0.252 e. The molecule has 2 aromatic heterocycles. The van der Waals surface area contributed by atoms with Gasteiger partial charge in [-0.1, -0.05) is 25.7 Å². The molecule has 0 bridgehead atoms. The molecule has 9 heteroatoms. The number of hydrogen-bond donors (Lipinski definition) is 3. The predicted molar refractivity (Wildman–Crippen MR) is 124 cm³/mol. The van der Waals surface area contributed by atoms with E-state index in [1.54, 1.807) is 48.6 Å². The Kier molecular flexibility index (Phi) is 6.97. The number of aromatic nitrogens is 3. The summed E-state index contributed by atoms with van der Waals surface area (Å²) in [6.45, 7) is 0. The number of pyridine rings is 1. The van der Waals surface area contributed by atoms with Crippen LogP contribution in [-0.4, -0.2) is 32.6 Å². The van der Waals surface area contributed by atoms with Crippen LogP contribution in [0.2, 0.25) is 0 Å². The van der Waals surface area contributed by atoms with E-state index in [0.717, 1.165) is 25.7 Å². The van der Waals surface area contributed by atoms with Crippen LogP contribution in [-0.2, 0) is 11.8 Å². The molecule has 1 atom stereocenters. The Labute approximate surface area is 191 Å². The summed E-state index contributed by atoms with van der Waals surface area (Å²) >= 11 is 0. The molecule has 1 saturated carbocycles. The van der Waals surface area contributed by atoms with Crippen molar-refractivity contribution >= 4 is 28.9 Å². The summed E-state index contributed by atoms with van der Waals surface area (Å²) in [6.07, 6.45) is 11.4. The van der Waals surface area contributed by atoms with E-state index in [9.17, 15) is 14.0 Å². The number of anilines is 3. The van der Waals surface area contributed by atoms with Crippen molar-refractivity contribution in [1.29, 1.82) is 0 Å². The topological polar surface area (TPSA) is 101 Å².